The van der Waals surface area contributed by atoms with E-state index >= 15 is 0 Å². The van der Waals surface area contributed by atoms with E-state index < -0.39 is 0 Å². The van der Waals surface area contributed by atoms with Gasteiger partial charge in [-0.1, -0.05) is 66.6 Å². The molecule has 0 atom stereocenters. The first-order valence-corrected chi connectivity index (χ1v) is 10.9. The van der Waals surface area contributed by atoms with Gasteiger partial charge in [-0.3, -0.25) is 9.69 Å². The van der Waals surface area contributed by atoms with Gasteiger partial charge in [0.05, 0.1) is 16.3 Å². The van der Waals surface area contributed by atoms with Crippen LogP contribution in [-0.4, -0.2) is 11.1 Å². The maximum atomic E-state index is 13.3. The summed E-state index contributed by atoms with van der Waals surface area (Å²) in [6, 6.07) is 24.3. The number of thioether (sulfide) groups is 1. The first-order chi connectivity index (χ1) is 14.5. The normalized spacial score (nSPS) is 16.6. The molecule has 0 aliphatic carbocycles. The molecule has 4 heteroatoms. The van der Waals surface area contributed by atoms with Gasteiger partial charge in [0.1, 0.15) is 0 Å². The fourth-order valence-electron chi connectivity index (χ4n) is 3.20. The molecule has 1 aliphatic heterocycles. The Hall–Kier alpha value is -3.11. The number of rotatable bonds is 4. The molecule has 1 fully saturated rings. The zero-order valence-electron chi connectivity index (χ0n) is 17.4. The van der Waals surface area contributed by atoms with Gasteiger partial charge in [0.2, 0.25) is 0 Å². The fourth-order valence-corrected chi connectivity index (χ4v) is 4.20. The van der Waals surface area contributed by atoms with Gasteiger partial charge in [-0.25, -0.2) is 4.99 Å². The lowest BCUT2D eigenvalue weighted by Crippen LogP contribution is -2.28. The zero-order valence-corrected chi connectivity index (χ0v) is 18.2. The van der Waals surface area contributed by atoms with Gasteiger partial charge in [-0.15, -0.1) is 0 Å². The summed E-state index contributed by atoms with van der Waals surface area (Å²) in [4.78, 5) is 20.5. The van der Waals surface area contributed by atoms with Crippen LogP contribution in [0.25, 0.3) is 6.08 Å². The van der Waals surface area contributed by atoms with Crippen LogP contribution in [0.15, 0.2) is 82.7 Å². The minimum absolute atomic E-state index is 0.0470. The van der Waals surface area contributed by atoms with Gasteiger partial charge < -0.3 is 0 Å². The highest BCUT2D eigenvalue weighted by Gasteiger charge is 2.34. The van der Waals surface area contributed by atoms with Crippen molar-refractivity contribution in [2.75, 3.05) is 4.90 Å². The largest absolute Gasteiger partial charge is 0.271 e. The quantitative estimate of drug-likeness (QED) is 0.448. The standard InChI is InChI=1S/C26H24N2OS/c1-4-20-9-11-21(12-10-20)17-24-25(29)28(23-15-7-19(3)8-16-23)26(30-24)27-22-13-5-18(2)6-14-22/h5-17H,4H2,1-3H3/b24-17-,27-26?. The van der Waals surface area contributed by atoms with E-state index in [4.69, 9.17) is 4.99 Å². The van der Waals surface area contributed by atoms with Crippen molar-refractivity contribution in [1.82, 2.24) is 0 Å². The second-order valence-corrected chi connectivity index (χ2v) is 8.42. The Morgan fingerprint density at radius 2 is 1.47 bits per heavy atom. The molecular formula is C26H24N2OS. The average molecular weight is 413 g/mol. The predicted octanol–water partition coefficient (Wildman–Crippen LogP) is 6.67. The number of amidine groups is 1. The van der Waals surface area contributed by atoms with Crippen molar-refractivity contribution in [2.45, 2.75) is 27.2 Å². The van der Waals surface area contributed by atoms with Crippen molar-refractivity contribution in [2.24, 2.45) is 4.99 Å². The van der Waals surface area contributed by atoms with E-state index in [2.05, 4.69) is 31.2 Å². The van der Waals surface area contributed by atoms with Crippen molar-refractivity contribution in [3.05, 3.63) is 100.0 Å². The zero-order chi connectivity index (χ0) is 21.1. The average Bonchev–Trinajstić information content (AvgIpc) is 3.05. The summed E-state index contributed by atoms with van der Waals surface area (Å²) in [5.74, 6) is -0.0470. The maximum Gasteiger partial charge on any atom is 0.271 e. The Bertz CT molecular complexity index is 1110. The minimum atomic E-state index is -0.0470. The third-order valence-electron chi connectivity index (χ3n) is 5.04. The van der Waals surface area contributed by atoms with Gasteiger partial charge in [0, 0.05) is 0 Å². The van der Waals surface area contributed by atoms with Crippen LogP contribution < -0.4 is 4.90 Å². The summed E-state index contributed by atoms with van der Waals surface area (Å²) in [6.45, 7) is 6.22. The number of carbonyl (C=O) groups is 1. The third-order valence-corrected chi connectivity index (χ3v) is 6.01. The van der Waals surface area contributed by atoms with Crippen molar-refractivity contribution in [3.63, 3.8) is 0 Å². The number of carbonyl (C=O) groups excluding carboxylic acids is 1. The number of hydrogen-bond acceptors (Lipinski definition) is 3. The summed E-state index contributed by atoms with van der Waals surface area (Å²) in [6.07, 6.45) is 2.95. The lowest BCUT2D eigenvalue weighted by molar-refractivity contribution is -0.113. The third kappa shape index (κ3) is 4.39. The van der Waals surface area contributed by atoms with Crippen molar-refractivity contribution < 1.29 is 4.79 Å². The molecule has 0 radical (unpaired) electrons. The monoisotopic (exact) mass is 412 g/mol. The number of amides is 1. The summed E-state index contributed by atoms with van der Waals surface area (Å²) in [5.41, 5.74) is 6.30. The highest BCUT2D eigenvalue weighted by molar-refractivity contribution is 8.19. The molecule has 1 amide bonds. The second-order valence-electron chi connectivity index (χ2n) is 7.41. The number of hydrogen-bond donors (Lipinski definition) is 0. The molecule has 1 saturated heterocycles. The van der Waals surface area contributed by atoms with Crippen LogP contribution in [0.1, 0.15) is 29.2 Å². The molecule has 0 saturated carbocycles. The van der Waals surface area contributed by atoms with E-state index in [1.165, 1.54) is 22.9 Å². The van der Waals surface area contributed by atoms with Crippen LogP contribution in [0.3, 0.4) is 0 Å². The fraction of sp³-hybridized carbons (Fsp3) is 0.154. The topological polar surface area (TPSA) is 32.7 Å². The molecule has 150 valence electrons. The van der Waals surface area contributed by atoms with E-state index in [-0.39, 0.29) is 5.91 Å². The van der Waals surface area contributed by atoms with Gasteiger partial charge >= 0.3 is 0 Å². The Kier molecular flexibility index (Phi) is 5.86. The lowest BCUT2D eigenvalue weighted by atomic mass is 10.1. The number of aliphatic imine (C=N–C) groups is 1. The highest BCUT2D eigenvalue weighted by atomic mass is 32.2. The summed E-state index contributed by atoms with van der Waals surface area (Å²) >= 11 is 1.42. The van der Waals surface area contributed by atoms with Crippen LogP contribution in [0.5, 0.6) is 0 Å². The molecule has 0 aromatic heterocycles. The first kappa shape index (κ1) is 20.2. The Labute approximate surface area is 182 Å². The van der Waals surface area contributed by atoms with Crippen LogP contribution >= 0.6 is 11.8 Å². The Morgan fingerprint density at radius 3 is 2.07 bits per heavy atom. The van der Waals surface area contributed by atoms with E-state index in [0.29, 0.717) is 10.1 Å². The van der Waals surface area contributed by atoms with E-state index in [1.54, 1.807) is 4.90 Å². The Balaban J connectivity index is 1.74. The van der Waals surface area contributed by atoms with Gasteiger partial charge in [-0.05, 0) is 73.5 Å². The van der Waals surface area contributed by atoms with E-state index in [9.17, 15) is 4.79 Å². The summed E-state index contributed by atoms with van der Waals surface area (Å²) in [5, 5.41) is 0.670. The van der Waals surface area contributed by atoms with Crippen LogP contribution in [0.4, 0.5) is 11.4 Å². The molecule has 3 aromatic rings. The maximum absolute atomic E-state index is 13.3. The predicted molar refractivity (Wildman–Crippen MR) is 128 cm³/mol. The van der Waals surface area contributed by atoms with Gasteiger partial charge in [0.25, 0.3) is 5.91 Å². The van der Waals surface area contributed by atoms with E-state index in [0.717, 1.165) is 28.9 Å². The SMILES string of the molecule is CCc1ccc(/C=C2\SC(=Nc3ccc(C)cc3)N(c3ccc(C)cc3)C2=O)cc1. The van der Waals surface area contributed by atoms with Crippen LogP contribution in [0, 0.1) is 13.8 Å². The van der Waals surface area contributed by atoms with Crippen LogP contribution in [0.2, 0.25) is 0 Å². The minimum Gasteiger partial charge on any atom is -0.268 e. The van der Waals surface area contributed by atoms with Crippen LogP contribution in [-0.2, 0) is 11.2 Å². The van der Waals surface area contributed by atoms with Gasteiger partial charge in [0.15, 0.2) is 5.17 Å². The van der Waals surface area contributed by atoms with Crippen molar-refractivity contribution in [3.8, 4) is 0 Å². The molecule has 1 heterocycles. The molecule has 0 unspecified atom stereocenters. The number of benzene rings is 3. The van der Waals surface area contributed by atoms with E-state index in [1.807, 2.05) is 68.5 Å². The molecule has 1 aliphatic rings. The highest BCUT2D eigenvalue weighted by Crippen LogP contribution is 2.37. The summed E-state index contributed by atoms with van der Waals surface area (Å²) in [7, 11) is 0. The molecule has 0 bridgehead atoms. The van der Waals surface area contributed by atoms with Crippen molar-refractivity contribution >= 4 is 40.3 Å². The smallest absolute Gasteiger partial charge is 0.268 e. The molecule has 4 rings (SSSR count). The number of aryl methyl sites for hydroxylation is 3. The molecule has 0 spiro atoms. The number of anilines is 1. The molecule has 0 N–H and O–H groups in total. The molecule has 3 nitrogen and oxygen atoms in total. The van der Waals surface area contributed by atoms with Crippen molar-refractivity contribution in [1.29, 1.82) is 0 Å². The van der Waals surface area contributed by atoms with Gasteiger partial charge in [-0.2, -0.15) is 0 Å². The lowest BCUT2D eigenvalue weighted by Gasteiger charge is -2.16. The molecule has 3 aromatic carbocycles. The number of nitrogens with zero attached hydrogens (tertiary/aromatic N) is 2. The summed E-state index contributed by atoms with van der Waals surface area (Å²) < 4.78 is 0. The second kappa shape index (κ2) is 8.72. The Morgan fingerprint density at radius 1 is 0.867 bits per heavy atom. The first-order valence-electron chi connectivity index (χ1n) is 10.1. The molecule has 30 heavy (non-hydrogen) atoms. The molecular weight excluding hydrogens is 388 g/mol.